The summed E-state index contributed by atoms with van der Waals surface area (Å²) in [7, 11) is 0. The molecule has 0 bridgehead atoms. The molecular weight excluding hydrogens is 248 g/mol. The van der Waals surface area contributed by atoms with E-state index in [2.05, 4.69) is 10.3 Å². The number of aryl methyl sites for hydroxylation is 1. The number of aliphatic hydroxyl groups is 1. The van der Waals surface area contributed by atoms with Gasteiger partial charge in [0.25, 0.3) is 0 Å². The molecule has 1 atom stereocenters. The van der Waals surface area contributed by atoms with Gasteiger partial charge in [-0.2, -0.15) is 11.8 Å². The van der Waals surface area contributed by atoms with Gasteiger partial charge in [0.2, 0.25) is 5.91 Å². The van der Waals surface area contributed by atoms with Crippen LogP contribution in [0, 0.1) is 6.92 Å². The first-order chi connectivity index (χ1) is 8.44. The second-order valence-corrected chi connectivity index (χ2v) is 5.52. The summed E-state index contributed by atoms with van der Waals surface area (Å²) in [6.07, 6.45) is 3.86. The first-order valence-corrected chi connectivity index (χ1v) is 7.22. The highest BCUT2D eigenvalue weighted by Gasteiger charge is 2.20. The Bertz CT molecular complexity index is 408. The summed E-state index contributed by atoms with van der Waals surface area (Å²) < 4.78 is 0. The molecule has 0 fully saturated rings. The quantitative estimate of drug-likeness (QED) is 0.813. The summed E-state index contributed by atoms with van der Waals surface area (Å²) in [4.78, 5) is 15.9. The van der Waals surface area contributed by atoms with Crippen LogP contribution in [0.25, 0.3) is 0 Å². The van der Waals surface area contributed by atoms with Gasteiger partial charge in [-0.3, -0.25) is 9.78 Å². The molecule has 0 aliphatic heterocycles. The number of thioether (sulfide) groups is 1. The zero-order valence-corrected chi connectivity index (χ0v) is 11.9. The fraction of sp³-hybridized carbons (Fsp3) is 0.538. The van der Waals surface area contributed by atoms with E-state index in [9.17, 15) is 9.90 Å². The molecule has 4 nitrogen and oxygen atoms in total. The van der Waals surface area contributed by atoms with Gasteiger partial charge in [0.15, 0.2) is 0 Å². The van der Waals surface area contributed by atoms with E-state index in [1.807, 2.05) is 25.3 Å². The topological polar surface area (TPSA) is 62.2 Å². The molecule has 1 unspecified atom stereocenters. The Morgan fingerprint density at radius 2 is 2.33 bits per heavy atom. The first-order valence-electron chi connectivity index (χ1n) is 5.83. The number of hydrogen-bond acceptors (Lipinski definition) is 4. The minimum atomic E-state index is -0.867. The number of pyridine rings is 1. The maximum absolute atomic E-state index is 11.7. The third kappa shape index (κ3) is 5.06. The van der Waals surface area contributed by atoms with Crippen molar-refractivity contribution in [3.05, 3.63) is 29.6 Å². The molecule has 0 saturated heterocycles. The molecular formula is C13H20N2O2S. The Morgan fingerprint density at radius 3 is 2.94 bits per heavy atom. The van der Waals surface area contributed by atoms with Crippen LogP contribution in [-0.4, -0.2) is 40.2 Å². The maximum Gasteiger partial charge on any atom is 0.226 e. The summed E-state index contributed by atoms with van der Waals surface area (Å²) in [6.45, 7) is 3.91. The molecule has 18 heavy (non-hydrogen) atoms. The number of rotatable bonds is 6. The number of nitrogens with one attached hydrogen (secondary N) is 1. The largest absolute Gasteiger partial charge is 0.387 e. The van der Waals surface area contributed by atoms with Crippen molar-refractivity contribution in [3.8, 4) is 0 Å². The number of nitrogens with zero attached hydrogens (tertiary/aromatic N) is 1. The van der Waals surface area contributed by atoms with Crippen molar-refractivity contribution >= 4 is 17.7 Å². The van der Waals surface area contributed by atoms with Gasteiger partial charge in [0, 0.05) is 18.5 Å². The van der Waals surface area contributed by atoms with Crippen LogP contribution in [0.1, 0.15) is 18.2 Å². The van der Waals surface area contributed by atoms with Crippen molar-refractivity contribution in [3.63, 3.8) is 0 Å². The van der Waals surface area contributed by atoms with Crippen LogP contribution in [0.4, 0.5) is 0 Å². The molecule has 2 N–H and O–H groups in total. The Kier molecular flexibility index (Phi) is 5.62. The minimum Gasteiger partial charge on any atom is -0.387 e. The maximum atomic E-state index is 11.7. The highest BCUT2D eigenvalue weighted by atomic mass is 32.2. The molecule has 1 rings (SSSR count). The van der Waals surface area contributed by atoms with Gasteiger partial charge < -0.3 is 10.4 Å². The average Bonchev–Trinajstić information content (AvgIpc) is 2.30. The molecule has 0 aliphatic carbocycles. The van der Waals surface area contributed by atoms with Gasteiger partial charge >= 0.3 is 0 Å². The van der Waals surface area contributed by atoms with E-state index in [1.54, 1.807) is 24.9 Å². The lowest BCUT2D eigenvalue weighted by Gasteiger charge is -2.22. The normalized spacial score (nSPS) is 14.0. The van der Waals surface area contributed by atoms with Crippen LogP contribution in [0.2, 0.25) is 0 Å². The highest BCUT2D eigenvalue weighted by Crippen LogP contribution is 2.09. The lowest BCUT2D eigenvalue weighted by Crippen LogP contribution is -2.43. The van der Waals surface area contributed by atoms with Crippen LogP contribution >= 0.6 is 11.8 Å². The number of hydrogen-bond donors (Lipinski definition) is 2. The van der Waals surface area contributed by atoms with Crippen LogP contribution in [0.5, 0.6) is 0 Å². The van der Waals surface area contributed by atoms with Gasteiger partial charge in [0.1, 0.15) is 0 Å². The van der Waals surface area contributed by atoms with E-state index in [0.29, 0.717) is 5.75 Å². The summed E-state index contributed by atoms with van der Waals surface area (Å²) in [5.41, 5.74) is 0.914. The molecule has 1 aromatic rings. The summed E-state index contributed by atoms with van der Waals surface area (Å²) >= 11 is 1.55. The Balaban J connectivity index is 2.46. The molecule has 5 heteroatoms. The zero-order valence-electron chi connectivity index (χ0n) is 11.1. The lowest BCUT2D eigenvalue weighted by atomic mass is 10.1. The molecule has 100 valence electrons. The summed E-state index contributed by atoms with van der Waals surface area (Å²) in [5, 5.41) is 12.7. The second kappa shape index (κ2) is 6.75. The van der Waals surface area contributed by atoms with E-state index in [1.165, 1.54) is 0 Å². The van der Waals surface area contributed by atoms with E-state index in [0.717, 1.165) is 11.3 Å². The standard InChI is InChI=1S/C13H20N2O2S/c1-10-5-4-6-14-11(10)7-12(16)15-8-13(2,17)9-18-3/h4-6,17H,7-9H2,1-3H3,(H,15,16). The number of amides is 1. The van der Waals surface area contributed by atoms with Crippen LogP contribution in [0.15, 0.2) is 18.3 Å². The van der Waals surface area contributed by atoms with Crippen LogP contribution in [0.3, 0.4) is 0 Å². The van der Waals surface area contributed by atoms with E-state index in [4.69, 9.17) is 0 Å². The Labute approximate surface area is 112 Å². The van der Waals surface area contributed by atoms with Crippen LogP contribution < -0.4 is 5.32 Å². The monoisotopic (exact) mass is 268 g/mol. The number of aromatic nitrogens is 1. The van der Waals surface area contributed by atoms with Crippen molar-refractivity contribution in [1.82, 2.24) is 10.3 Å². The van der Waals surface area contributed by atoms with Gasteiger partial charge in [0.05, 0.1) is 17.7 Å². The van der Waals surface area contributed by atoms with Crippen molar-refractivity contribution in [2.75, 3.05) is 18.6 Å². The predicted octanol–water partition coefficient (Wildman–Crippen LogP) is 1.16. The molecule has 1 heterocycles. The molecule has 0 aliphatic rings. The third-order valence-corrected chi connectivity index (χ3v) is 3.48. The Morgan fingerprint density at radius 1 is 1.61 bits per heavy atom. The molecule has 1 amide bonds. The van der Waals surface area contributed by atoms with Crippen molar-refractivity contribution in [2.24, 2.45) is 0 Å². The van der Waals surface area contributed by atoms with E-state index < -0.39 is 5.60 Å². The molecule has 0 aromatic carbocycles. The van der Waals surface area contributed by atoms with Crippen LogP contribution in [-0.2, 0) is 11.2 Å². The van der Waals surface area contributed by atoms with Gasteiger partial charge in [-0.1, -0.05) is 6.07 Å². The van der Waals surface area contributed by atoms with Crippen molar-refractivity contribution in [2.45, 2.75) is 25.9 Å². The summed E-state index contributed by atoms with van der Waals surface area (Å²) in [6, 6.07) is 3.78. The first kappa shape index (κ1) is 15.0. The van der Waals surface area contributed by atoms with Gasteiger partial charge in [-0.25, -0.2) is 0 Å². The third-order valence-electron chi connectivity index (χ3n) is 2.57. The second-order valence-electron chi connectivity index (χ2n) is 4.65. The van der Waals surface area contributed by atoms with Gasteiger partial charge in [-0.15, -0.1) is 0 Å². The fourth-order valence-electron chi connectivity index (χ4n) is 1.57. The predicted molar refractivity (Wildman–Crippen MR) is 74.7 cm³/mol. The number of carbonyl (C=O) groups is 1. The summed E-state index contributed by atoms with van der Waals surface area (Å²) in [5.74, 6) is 0.480. The van der Waals surface area contributed by atoms with E-state index >= 15 is 0 Å². The Hall–Kier alpha value is -1.07. The fourth-order valence-corrected chi connectivity index (χ4v) is 2.29. The SMILES string of the molecule is CSCC(C)(O)CNC(=O)Cc1ncccc1C. The van der Waals surface area contributed by atoms with Crippen molar-refractivity contribution < 1.29 is 9.90 Å². The molecule has 0 radical (unpaired) electrons. The number of carbonyl (C=O) groups excluding carboxylic acids is 1. The zero-order chi connectivity index (χ0) is 13.6. The van der Waals surface area contributed by atoms with Crippen molar-refractivity contribution in [1.29, 1.82) is 0 Å². The lowest BCUT2D eigenvalue weighted by molar-refractivity contribution is -0.121. The van der Waals surface area contributed by atoms with E-state index in [-0.39, 0.29) is 18.9 Å². The molecule has 1 aromatic heterocycles. The van der Waals surface area contributed by atoms with Gasteiger partial charge in [-0.05, 0) is 31.7 Å². The minimum absolute atomic E-state index is 0.113. The highest BCUT2D eigenvalue weighted by molar-refractivity contribution is 7.98. The molecule has 0 spiro atoms. The smallest absolute Gasteiger partial charge is 0.226 e. The molecule has 0 saturated carbocycles. The average molecular weight is 268 g/mol.